The Hall–Kier alpha value is -2.80. The second-order valence-electron chi connectivity index (χ2n) is 7.72. The molecule has 1 heterocycles. The summed E-state index contributed by atoms with van der Waals surface area (Å²) in [4.78, 5) is 2.11. The predicted octanol–water partition coefficient (Wildman–Crippen LogP) is 6.97. The van der Waals surface area contributed by atoms with E-state index < -0.39 is 12.7 Å². The monoisotopic (exact) mass is 369 g/mol. The highest BCUT2D eigenvalue weighted by molar-refractivity contribution is 5.97. The number of allylic oxidation sites excluding steroid dienone is 2. The Balaban J connectivity index is 1.83. The van der Waals surface area contributed by atoms with Gasteiger partial charge in [-0.2, -0.15) is 0 Å². The smallest absolute Gasteiger partial charge is 0.0726 e. The molecule has 6 bridgehead atoms. The van der Waals surface area contributed by atoms with E-state index in [1.807, 2.05) is 49.7 Å². The molecule has 0 spiro atoms. The maximum absolute atomic E-state index is 8.74. The van der Waals surface area contributed by atoms with Crippen molar-refractivity contribution in [3.8, 4) is 11.1 Å². The summed E-state index contributed by atoms with van der Waals surface area (Å²) < 4.78 is 34.9. The maximum atomic E-state index is 8.74. The molecule has 0 saturated heterocycles. The standard InChI is InChI=1S/C27H27N/c1-19-15-22-11-6-12-24-23-10-5-9-20(16-23)7-3-4-8-21-13-14-28(2)27(17-21)25(19)18-26(22)24/h5-6,9-18,27H,3-4,7-8H2,1-2H3/i7D2,8D2. The lowest BCUT2D eigenvalue weighted by Gasteiger charge is -2.30. The van der Waals surface area contributed by atoms with Gasteiger partial charge in [0, 0.05) is 12.5 Å². The number of aryl methyl sites for hydroxylation is 2. The van der Waals surface area contributed by atoms with Crippen molar-refractivity contribution in [2.45, 2.75) is 38.6 Å². The molecule has 1 heteroatoms. The van der Waals surface area contributed by atoms with Gasteiger partial charge in [0.2, 0.25) is 0 Å². The minimum absolute atomic E-state index is 0.0754. The SMILES string of the molecule is [2H]C1([2H])CCC([2H])([2H])c2cccc(c2)-c2cccc3cc(C)c(cc23)C2C=C1C=CN2C. The number of benzene rings is 3. The molecule has 140 valence electrons. The molecule has 1 aliphatic carbocycles. The highest BCUT2D eigenvalue weighted by atomic mass is 15.1. The zero-order valence-corrected chi connectivity index (χ0v) is 16.4. The van der Waals surface area contributed by atoms with Gasteiger partial charge in [0.25, 0.3) is 0 Å². The molecule has 5 rings (SSSR count). The summed E-state index contributed by atoms with van der Waals surface area (Å²) in [6.07, 6.45) is 2.79. The van der Waals surface area contributed by atoms with Crippen molar-refractivity contribution < 1.29 is 5.48 Å². The normalized spacial score (nSPS) is 24.6. The summed E-state index contributed by atoms with van der Waals surface area (Å²) in [5.74, 6) is 0. The van der Waals surface area contributed by atoms with Crippen LogP contribution in [0.25, 0.3) is 21.9 Å². The van der Waals surface area contributed by atoms with Gasteiger partial charge in [0.1, 0.15) is 0 Å². The van der Waals surface area contributed by atoms with Crippen LogP contribution in [-0.2, 0) is 6.37 Å². The van der Waals surface area contributed by atoms with Gasteiger partial charge in [0.15, 0.2) is 0 Å². The first kappa shape index (κ1) is 13.4. The van der Waals surface area contributed by atoms with Crippen molar-refractivity contribution in [2.75, 3.05) is 7.05 Å². The molecule has 2 aliphatic rings. The number of likely N-dealkylation sites (N-methyl/N-ethyl adjacent to an activating group) is 1. The third-order valence-electron chi connectivity index (χ3n) is 5.81. The molecule has 0 saturated carbocycles. The Bertz CT molecular complexity index is 1270. The average Bonchev–Trinajstić information content (AvgIpc) is 2.77. The first-order valence-corrected chi connectivity index (χ1v) is 9.92. The van der Waals surface area contributed by atoms with Gasteiger partial charge in [-0.3, -0.25) is 0 Å². The van der Waals surface area contributed by atoms with Crippen molar-refractivity contribution >= 4 is 10.8 Å². The van der Waals surface area contributed by atoms with Crippen molar-refractivity contribution in [2.24, 2.45) is 0 Å². The summed E-state index contributed by atoms with van der Waals surface area (Å²) in [5, 5.41) is 2.28. The van der Waals surface area contributed by atoms with Crippen LogP contribution in [0.2, 0.25) is 0 Å². The summed E-state index contributed by atoms with van der Waals surface area (Å²) in [5.41, 5.74) is 5.63. The summed E-state index contributed by atoms with van der Waals surface area (Å²) >= 11 is 0. The molecular weight excluding hydrogens is 338 g/mol. The van der Waals surface area contributed by atoms with Gasteiger partial charge in [0.05, 0.1) is 6.04 Å². The van der Waals surface area contributed by atoms with Crippen LogP contribution in [0.3, 0.4) is 0 Å². The first-order valence-electron chi connectivity index (χ1n) is 11.9. The van der Waals surface area contributed by atoms with Crippen LogP contribution in [0.4, 0.5) is 0 Å². The molecule has 0 radical (unpaired) electrons. The first-order chi connectivity index (χ1) is 15.2. The van der Waals surface area contributed by atoms with Crippen LogP contribution in [0.15, 0.2) is 78.5 Å². The number of hydrogen-bond acceptors (Lipinski definition) is 1. The molecule has 0 amide bonds. The van der Waals surface area contributed by atoms with Crippen LogP contribution in [0.5, 0.6) is 0 Å². The Kier molecular flexibility index (Phi) is 3.34. The summed E-state index contributed by atoms with van der Waals surface area (Å²) in [6, 6.07) is 18.3. The largest absolute Gasteiger partial charge is 0.370 e. The van der Waals surface area contributed by atoms with Crippen molar-refractivity contribution in [3.63, 3.8) is 0 Å². The van der Waals surface area contributed by atoms with Crippen LogP contribution < -0.4 is 0 Å². The van der Waals surface area contributed by atoms with Gasteiger partial charge >= 0.3 is 0 Å². The molecule has 3 aromatic rings. The van der Waals surface area contributed by atoms with Crippen molar-refractivity contribution in [1.82, 2.24) is 4.90 Å². The Morgan fingerprint density at radius 1 is 1.00 bits per heavy atom. The Morgan fingerprint density at radius 2 is 1.86 bits per heavy atom. The molecule has 3 aromatic carbocycles. The van der Waals surface area contributed by atoms with E-state index in [1.54, 1.807) is 0 Å². The fraction of sp³-hybridized carbons (Fsp3) is 0.259. The number of rotatable bonds is 0. The highest BCUT2D eigenvalue weighted by Crippen LogP contribution is 2.36. The topological polar surface area (TPSA) is 3.24 Å². The van der Waals surface area contributed by atoms with E-state index in [2.05, 4.69) is 42.2 Å². The third kappa shape index (κ3) is 3.05. The fourth-order valence-electron chi connectivity index (χ4n) is 4.30. The van der Waals surface area contributed by atoms with Crippen LogP contribution in [-0.4, -0.2) is 11.9 Å². The van der Waals surface area contributed by atoms with E-state index in [1.165, 1.54) is 5.56 Å². The van der Waals surface area contributed by atoms with Gasteiger partial charge < -0.3 is 4.90 Å². The molecule has 1 aliphatic heterocycles. The van der Waals surface area contributed by atoms with Crippen molar-refractivity contribution in [1.29, 1.82) is 0 Å². The summed E-state index contributed by atoms with van der Waals surface area (Å²) in [6.45, 7) is 2.12. The van der Waals surface area contributed by atoms with Crippen LogP contribution in [0.1, 0.15) is 47.4 Å². The van der Waals surface area contributed by atoms with Crippen LogP contribution >= 0.6 is 0 Å². The molecular formula is C27H27N. The quantitative estimate of drug-likeness (QED) is 0.413. The van der Waals surface area contributed by atoms with Gasteiger partial charge in [-0.15, -0.1) is 0 Å². The fourth-order valence-corrected chi connectivity index (χ4v) is 4.30. The zero-order valence-electron chi connectivity index (χ0n) is 20.4. The number of fused-ring (bicyclic) bond motifs is 6. The van der Waals surface area contributed by atoms with E-state index >= 15 is 0 Å². The van der Waals surface area contributed by atoms with E-state index in [0.29, 0.717) is 11.1 Å². The molecule has 0 fully saturated rings. The van der Waals surface area contributed by atoms with Crippen LogP contribution in [0, 0.1) is 6.92 Å². The molecule has 1 atom stereocenters. The Labute approximate surface area is 173 Å². The molecule has 28 heavy (non-hydrogen) atoms. The number of hydrogen-bond donors (Lipinski definition) is 0. The van der Waals surface area contributed by atoms with E-state index in [9.17, 15) is 0 Å². The second-order valence-corrected chi connectivity index (χ2v) is 7.72. The van der Waals surface area contributed by atoms with E-state index in [0.717, 1.165) is 27.5 Å². The summed E-state index contributed by atoms with van der Waals surface area (Å²) in [7, 11) is 2.02. The third-order valence-corrected chi connectivity index (χ3v) is 5.81. The maximum Gasteiger partial charge on any atom is 0.0726 e. The molecule has 0 N–H and O–H groups in total. The molecule has 0 aromatic heterocycles. The predicted molar refractivity (Wildman–Crippen MR) is 119 cm³/mol. The van der Waals surface area contributed by atoms with E-state index in [4.69, 9.17) is 5.48 Å². The lowest BCUT2D eigenvalue weighted by Crippen LogP contribution is -2.21. The lowest BCUT2D eigenvalue weighted by atomic mass is 9.88. The Morgan fingerprint density at radius 3 is 2.79 bits per heavy atom. The minimum Gasteiger partial charge on any atom is -0.370 e. The average molecular weight is 370 g/mol. The lowest BCUT2D eigenvalue weighted by molar-refractivity contribution is 0.385. The van der Waals surface area contributed by atoms with Crippen molar-refractivity contribution in [3.05, 3.63) is 95.2 Å². The van der Waals surface area contributed by atoms with Gasteiger partial charge in [-0.1, -0.05) is 54.6 Å². The highest BCUT2D eigenvalue weighted by Gasteiger charge is 2.20. The van der Waals surface area contributed by atoms with Gasteiger partial charge in [-0.25, -0.2) is 0 Å². The minimum atomic E-state index is -1.62. The molecule has 1 unspecified atom stereocenters. The molecule has 1 nitrogen and oxygen atoms in total. The zero-order chi connectivity index (χ0) is 22.7. The second kappa shape index (κ2) is 6.98. The van der Waals surface area contributed by atoms with Gasteiger partial charge in [-0.05, 0) is 95.0 Å². The number of nitrogens with zero attached hydrogens (tertiary/aromatic N) is 1. The van der Waals surface area contributed by atoms with E-state index in [-0.39, 0.29) is 18.9 Å².